The molecule has 1 rings (SSSR count). The standard InChI is InChI=1S/C10H16O2S/c1-7(2)9-10(8(3)13)12-6-4-5-11-9/h13H,4-6H2,1-3H3/b10-8+. The molecule has 2 nitrogen and oxygen atoms in total. The zero-order chi connectivity index (χ0) is 9.84. The molecule has 0 saturated carbocycles. The molecule has 0 aromatic carbocycles. The fourth-order valence-electron chi connectivity index (χ4n) is 1.18. The molecule has 74 valence electrons. The maximum absolute atomic E-state index is 5.59. The van der Waals surface area contributed by atoms with Crippen molar-refractivity contribution in [3.05, 3.63) is 22.0 Å². The van der Waals surface area contributed by atoms with Gasteiger partial charge in [0, 0.05) is 11.3 Å². The Hall–Kier alpha value is -0.570. The number of hydrogen-bond acceptors (Lipinski definition) is 3. The van der Waals surface area contributed by atoms with Crippen LogP contribution in [-0.2, 0) is 9.47 Å². The monoisotopic (exact) mass is 200 g/mol. The van der Waals surface area contributed by atoms with Gasteiger partial charge in [0.15, 0.2) is 11.5 Å². The average Bonchev–Trinajstić information content (AvgIpc) is 2.27. The molecule has 0 atom stereocenters. The predicted octanol–water partition coefficient (Wildman–Crippen LogP) is 2.88. The van der Waals surface area contributed by atoms with Crippen LogP contribution >= 0.6 is 12.6 Å². The van der Waals surface area contributed by atoms with Gasteiger partial charge in [-0.1, -0.05) is 0 Å². The van der Waals surface area contributed by atoms with E-state index in [0.29, 0.717) is 6.61 Å². The van der Waals surface area contributed by atoms with Crippen LogP contribution in [-0.4, -0.2) is 13.2 Å². The van der Waals surface area contributed by atoms with Crippen molar-refractivity contribution in [3.63, 3.8) is 0 Å². The lowest BCUT2D eigenvalue weighted by Crippen LogP contribution is -1.98. The summed E-state index contributed by atoms with van der Waals surface area (Å²) in [4.78, 5) is 0.873. The summed E-state index contributed by atoms with van der Waals surface area (Å²) in [5, 5.41) is 0. The van der Waals surface area contributed by atoms with Crippen LogP contribution in [0.4, 0.5) is 0 Å². The summed E-state index contributed by atoms with van der Waals surface area (Å²) in [5.41, 5.74) is 1.13. The van der Waals surface area contributed by atoms with Gasteiger partial charge in [-0.15, -0.1) is 12.6 Å². The van der Waals surface area contributed by atoms with Gasteiger partial charge in [-0.05, 0) is 26.3 Å². The van der Waals surface area contributed by atoms with Gasteiger partial charge in [0.25, 0.3) is 0 Å². The third-order valence-corrected chi connectivity index (χ3v) is 1.97. The molecule has 1 fully saturated rings. The summed E-state index contributed by atoms with van der Waals surface area (Å²) < 4.78 is 11.1. The van der Waals surface area contributed by atoms with Crippen LogP contribution in [0.2, 0.25) is 0 Å². The minimum Gasteiger partial charge on any atom is -0.490 e. The molecule has 0 N–H and O–H groups in total. The van der Waals surface area contributed by atoms with Crippen molar-refractivity contribution in [2.75, 3.05) is 13.2 Å². The molecule has 0 aromatic rings. The molecule has 0 unspecified atom stereocenters. The van der Waals surface area contributed by atoms with Gasteiger partial charge in [-0.3, -0.25) is 0 Å². The van der Waals surface area contributed by atoms with Gasteiger partial charge < -0.3 is 9.47 Å². The lowest BCUT2D eigenvalue weighted by molar-refractivity contribution is 0.216. The normalized spacial score (nSPS) is 21.4. The Labute approximate surface area is 85.0 Å². The molecule has 0 bridgehead atoms. The maximum atomic E-state index is 5.59. The Morgan fingerprint density at radius 3 is 2.08 bits per heavy atom. The van der Waals surface area contributed by atoms with Crippen LogP contribution in [0.3, 0.4) is 0 Å². The van der Waals surface area contributed by atoms with Crippen LogP contribution in [0.25, 0.3) is 0 Å². The highest BCUT2D eigenvalue weighted by molar-refractivity contribution is 7.84. The van der Waals surface area contributed by atoms with Crippen molar-refractivity contribution in [2.24, 2.45) is 0 Å². The second-order valence-electron chi connectivity index (χ2n) is 3.29. The lowest BCUT2D eigenvalue weighted by Gasteiger charge is -2.12. The van der Waals surface area contributed by atoms with E-state index in [9.17, 15) is 0 Å². The second-order valence-corrected chi connectivity index (χ2v) is 3.96. The summed E-state index contributed by atoms with van der Waals surface area (Å²) in [6.07, 6.45) is 0.932. The van der Waals surface area contributed by atoms with E-state index in [4.69, 9.17) is 9.47 Å². The van der Waals surface area contributed by atoms with E-state index in [2.05, 4.69) is 12.6 Å². The topological polar surface area (TPSA) is 18.5 Å². The highest BCUT2D eigenvalue weighted by Crippen LogP contribution is 2.25. The van der Waals surface area contributed by atoms with Crippen molar-refractivity contribution in [2.45, 2.75) is 27.2 Å². The first-order chi connectivity index (χ1) is 6.13. The summed E-state index contributed by atoms with van der Waals surface area (Å²) in [5.74, 6) is 1.64. The molecule has 0 spiro atoms. The van der Waals surface area contributed by atoms with Gasteiger partial charge in [0.1, 0.15) is 0 Å². The second kappa shape index (κ2) is 4.61. The molecule has 1 heterocycles. The number of hydrogen-bond donors (Lipinski definition) is 1. The third-order valence-electron chi connectivity index (χ3n) is 1.77. The van der Waals surface area contributed by atoms with Crippen molar-refractivity contribution in [1.82, 2.24) is 0 Å². The van der Waals surface area contributed by atoms with E-state index in [-0.39, 0.29) is 0 Å². The van der Waals surface area contributed by atoms with Crippen LogP contribution in [0.15, 0.2) is 22.0 Å². The third kappa shape index (κ3) is 2.69. The van der Waals surface area contributed by atoms with Crippen LogP contribution < -0.4 is 0 Å². The number of rotatable bonds is 0. The van der Waals surface area contributed by atoms with E-state index in [1.165, 1.54) is 0 Å². The SMILES string of the molecule is CC(C)=C1OCCCO/C1=C(\C)S. The Morgan fingerprint density at radius 1 is 1.08 bits per heavy atom. The minimum atomic E-state index is 0.712. The number of ether oxygens (including phenoxy) is 2. The Kier molecular flexibility index (Phi) is 3.72. The molecule has 1 aliphatic rings. The average molecular weight is 200 g/mol. The molecule has 1 aliphatic heterocycles. The van der Waals surface area contributed by atoms with Gasteiger partial charge in [-0.2, -0.15) is 0 Å². The smallest absolute Gasteiger partial charge is 0.169 e. The summed E-state index contributed by atoms with van der Waals surface area (Å²) >= 11 is 4.28. The van der Waals surface area contributed by atoms with Gasteiger partial charge in [0.2, 0.25) is 0 Å². The molecule has 13 heavy (non-hydrogen) atoms. The van der Waals surface area contributed by atoms with Crippen molar-refractivity contribution < 1.29 is 9.47 Å². The Morgan fingerprint density at radius 2 is 1.62 bits per heavy atom. The number of allylic oxidation sites excluding steroid dienone is 2. The molecule has 0 amide bonds. The van der Waals surface area contributed by atoms with Gasteiger partial charge in [0.05, 0.1) is 13.2 Å². The van der Waals surface area contributed by atoms with Crippen LogP contribution in [0.1, 0.15) is 27.2 Å². The van der Waals surface area contributed by atoms with Crippen molar-refractivity contribution >= 4 is 12.6 Å². The van der Waals surface area contributed by atoms with Crippen LogP contribution in [0, 0.1) is 0 Å². The van der Waals surface area contributed by atoms with E-state index in [1.54, 1.807) is 0 Å². The highest BCUT2D eigenvalue weighted by atomic mass is 32.1. The summed E-state index contributed by atoms with van der Waals surface area (Å²) in [6, 6.07) is 0. The largest absolute Gasteiger partial charge is 0.490 e. The fourth-order valence-corrected chi connectivity index (χ4v) is 1.34. The molecular formula is C10H16O2S. The first-order valence-electron chi connectivity index (χ1n) is 4.46. The summed E-state index contributed by atoms with van der Waals surface area (Å²) in [7, 11) is 0. The predicted molar refractivity (Wildman–Crippen MR) is 56.6 cm³/mol. The molecular weight excluding hydrogens is 184 g/mol. The number of thiol groups is 1. The van der Waals surface area contributed by atoms with E-state index in [0.717, 1.165) is 35.0 Å². The fraction of sp³-hybridized carbons (Fsp3) is 0.600. The molecule has 1 saturated heterocycles. The minimum absolute atomic E-state index is 0.712. The molecule has 0 aliphatic carbocycles. The quantitative estimate of drug-likeness (QED) is 0.606. The summed E-state index contributed by atoms with van der Waals surface area (Å²) in [6.45, 7) is 7.38. The maximum Gasteiger partial charge on any atom is 0.169 e. The molecule has 0 radical (unpaired) electrons. The zero-order valence-electron chi connectivity index (χ0n) is 8.39. The zero-order valence-corrected chi connectivity index (χ0v) is 9.28. The van der Waals surface area contributed by atoms with E-state index < -0.39 is 0 Å². The molecule has 0 aromatic heterocycles. The molecule has 3 heteroatoms. The van der Waals surface area contributed by atoms with E-state index in [1.807, 2.05) is 20.8 Å². The Bertz CT molecular complexity index is 220. The Balaban J connectivity index is 3.01. The van der Waals surface area contributed by atoms with Gasteiger partial charge in [-0.25, -0.2) is 0 Å². The van der Waals surface area contributed by atoms with Crippen LogP contribution in [0.5, 0.6) is 0 Å². The van der Waals surface area contributed by atoms with Crippen molar-refractivity contribution in [3.8, 4) is 0 Å². The lowest BCUT2D eigenvalue weighted by atomic mass is 10.2. The van der Waals surface area contributed by atoms with E-state index >= 15 is 0 Å². The first kappa shape index (κ1) is 10.5. The highest BCUT2D eigenvalue weighted by Gasteiger charge is 2.15. The van der Waals surface area contributed by atoms with Gasteiger partial charge >= 0.3 is 0 Å². The van der Waals surface area contributed by atoms with Crippen molar-refractivity contribution in [1.29, 1.82) is 0 Å². The first-order valence-corrected chi connectivity index (χ1v) is 4.91.